The van der Waals surface area contributed by atoms with Crippen molar-refractivity contribution in [2.24, 2.45) is 0 Å². The summed E-state index contributed by atoms with van der Waals surface area (Å²) in [6.45, 7) is 0. The molecule has 0 radical (unpaired) electrons. The summed E-state index contributed by atoms with van der Waals surface area (Å²) in [4.78, 5) is 12.3. The van der Waals surface area contributed by atoms with Gasteiger partial charge in [-0.05, 0) is 22.4 Å². The fourth-order valence-electron chi connectivity index (χ4n) is 1.84. The molecule has 18 heavy (non-hydrogen) atoms. The highest BCUT2D eigenvalue weighted by Crippen LogP contribution is 2.29. The lowest BCUT2D eigenvalue weighted by atomic mass is 10.1. The molecular weight excluding hydrogens is 252 g/mol. The molecular formula is C13H8O4S. The van der Waals surface area contributed by atoms with Crippen LogP contribution >= 0.6 is 11.3 Å². The first kappa shape index (κ1) is 10.9. The molecule has 3 aromatic rings. The van der Waals surface area contributed by atoms with E-state index in [1.807, 2.05) is 10.8 Å². The van der Waals surface area contributed by atoms with Crippen LogP contribution in [0.5, 0.6) is 11.5 Å². The van der Waals surface area contributed by atoms with E-state index in [4.69, 9.17) is 4.42 Å². The number of fused-ring (bicyclic) bond motifs is 1. The zero-order valence-corrected chi connectivity index (χ0v) is 9.90. The Bertz CT molecular complexity index is 772. The predicted molar refractivity (Wildman–Crippen MR) is 69.1 cm³/mol. The van der Waals surface area contributed by atoms with Crippen molar-refractivity contribution in [3.05, 3.63) is 45.4 Å². The molecule has 90 valence electrons. The molecule has 3 rings (SSSR count). The van der Waals surface area contributed by atoms with Crippen LogP contribution in [-0.4, -0.2) is 10.2 Å². The molecule has 0 aliphatic heterocycles. The summed E-state index contributed by atoms with van der Waals surface area (Å²) >= 11 is 1.47. The molecule has 2 N–H and O–H groups in total. The average molecular weight is 260 g/mol. The molecule has 0 bridgehead atoms. The van der Waals surface area contributed by atoms with Crippen molar-refractivity contribution in [3.63, 3.8) is 0 Å². The number of phenols is 2. The van der Waals surface area contributed by atoms with Crippen LogP contribution in [0, 0.1) is 0 Å². The lowest BCUT2D eigenvalue weighted by Crippen LogP contribution is -2.04. The molecule has 0 aliphatic carbocycles. The van der Waals surface area contributed by atoms with Gasteiger partial charge >= 0.3 is 0 Å². The molecule has 4 nitrogen and oxygen atoms in total. The zero-order valence-electron chi connectivity index (χ0n) is 9.08. The van der Waals surface area contributed by atoms with E-state index in [2.05, 4.69) is 0 Å². The van der Waals surface area contributed by atoms with Crippen molar-refractivity contribution in [3.8, 4) is 22.6 Å². The van der Waals surface area contributed by atoms with E-state index >= 15 is 0 Å². The maximum Gasteiger partial charge on any atom is 0.204 e. The molecule has 0 aliphatic rings. The summed E-state index contributed by atoms with van der Waals surface area (Å²) in [5, 5.41) is 22.8. The molecule has 0 saturated carbocycles. The van der Waals surface area contributed by atoms with Gasteiger partial charge in [-0.25, -0.2) is 0 Å². The first-order valence-corrected chi connectivity index (χ1v) is 6.11. The first-order chi connectivity index (χ1) is 8.66. The Morgan fingerprint density at radius 3 is 2.78 bits per heavy atom. The second-order valence-corrected chi connectivity index (χ2v) is 4.61. The van der Waals surface area contributed by atoms with Gasteiger partial charge in [-0.2, -0.15) is 11.3 Å². The third kappa shape index (κ3) is 1.56. The largest absolute Gasteiger partial charge is 0.508 e. The van der Waals surface area contributed by atoms with Crippen molar-refractivity contribution in [2.45, 2.75) is 0 Å². The van der Waals surface area contributed by atoms with Crippen LogP contribution in [0.1, 0.15) is 0 Å². The fourth-order valence-corrected chi connectivity index (χ4v) is 2.49. The highest BCUT2D eigenvalue weighted by Gasteiger charge is 2.13. The quantitative estimate of drug-likeness (QED) is 0.705. The number of benzene rings is 1. The van der Waals surface area contributed by atoms with E-state index in [0.717, 1.165) is 11.6 Å². The number of hydrogen-bond acceptors (Lipinski definition) is 5. The monoisotopic (exact) mass is 260 g/mol. The van der Waals surface area contributed by atoms with Crippen LogP contribution in [-0.2, 0) is 0 Å². The number of phenolic OH excluding ortho intramolecular Hbond substituents is 2. The second-order valence-electron chi connectivity index (χ2n) is 3.83. The van der Waals surface area contributed by atoms with Crippen molar-refractivity contribution in [1.29, 1.82) is 0 Å². The van der Waals surface area contributed by atoms with Gasteiger partial charge in [0.1, 0.15) is 28.7 Å². The first-order valence-electron chi connectivity index (χ1n) is 5.17. The van der Waals surface area contributed by atoms with Gasteiger partial charge in [0.2, 0.25) is 5.43 Å². The Kier molecular flexibility index (Phi) is 2.34. The van der Waals surface area contributed by atoms with E-state index in [0.29, 0.717) is 5.56 Å². The third-order valence-corrected chi connectivity index (χ3v) is 3.36. The maximum absolute atomic E-state index is 12.3. The molecule has 2 heterocycles. The Morgan fingerprint density at radius 1 is 1.22 bits per heavy atom. The molecule has 0 fully saturated rings. The fraction of sp³-hybridized carbons (Fsp3) is 0. The van der Waals surface area contributed by atoms with E-state index in [1.165, 1.54) is 23.7 Å². The van der Waals surface area contributed by atoms with Gasteiger partial charge in [-0.3, -0.25) is 4.79 Å². The van der Waals surface area contributed by atoms with Crippen LogP contribution in [0.4, 0.5) is 0 Å². The van der Waals surface area contributed by atoms with E-state index in [9.17, 15) is 15.0 Å². The highest BCUT2D eigenvalue weighted by molar-refractivity contribution is 7.08. The number of aromatic hydroxyl groups is 2. The van der Waals surface area contributed by atoms with Crippen LogP contribution in [0.2, 0.25) is 0 Å². The van der Waals surface area contributed by atoms with Gasteiger partial charge in [0, 0.05) is 12.1 Å². The molecule has 0 amide bonds. The minimum Gasteiger partial charge on any atom is -0.508 e. The Labute approximate surface area is 105 Å². The highest BCUT2D eigenvalue weighted by atomic mass is 32.1. The Hall–Kier alpha value is -2.27. The van der Waals surface area contributed by atoms with E-state index in [1.54, 1.807) is 6.07 Å². The standard InChI is InChI=1S/C13H8O4S/c14-8-3-10(15)12-11(4-8)17-5-9(13(12)16)7-1-2-18-6-7/h1-6,14-15H. The molecule has 5 heteroatoms. The van der Waals surface area contributed by atoms with Crippen LogP contribution in [0.25, 0.3) is 22.1 Å². The third-order valence-electron chi connectivity index (χ3n) is 2.67. The van der Waals surface area contributed by atoms with Crippen molar-refractivity contribution < 1.29 is 14.6 Å². The summed E-state index contributed by atoms with van der Waals surface area (Å²) in [7, 11) is 0. The molecule has 1 aromatic carbocycles. The number of hydrogen-bond donors (Lipinski definition) is 2. The topological polar surface area (TPSA) is 70.7 Å². The Morgan fingerprint density at radius 2 is 2.06 bits per heavy atom. The van der Waals surface area contributed by atoms with Crippen molar-refractivity contribution in [2.75, 3.05) is 0 Å². The average Bonchev–Trinajstić information content (AvgIpc) is 2.81. The predicted octanol–water partition coefficient (Wildman–Crippen LogP) is 2.93. The van der Waals surface area contributed by atoms with Crippen LogP contribution in [0.3, 0.4) is 0 Å². The maximum atomic E-state index is 12.3. The molecule has 2 aromatic heterocycles. The van der Waals surface area contributed by atoms with Crippen LogP contribution in [0.15, 0.2) is 44.4 Å². The minimum atomic E-state index is -0.313. The lowest BCUT2D eigenvalue weighted by Gasteiger charge is -2.03. The number of thiophene rings is 1. The Balaban J connectivity index is 2.40. The van der Waals surface area contributed by atoms with Gasteiger partial charge in [-0.1, -0.05) is 0 Å². The number of rotatable bonds is 1. The van der Waals surface area contributed by atoms with Crippen molar-refractivity contribution in [1.82, 2.24) is 0 Å². The SMILES string of the molecule is O=c1c(-c2ccsc2)coc2cc(O)cc(O)c12. The molecule has 0 saturated heterocycles. The summed E-state index contributed by atoms with van der Waals surface area (Å²) in [6.07, 6.45) is 1.34. The van der Waals surface area contributed by atoms with E-state index < -0.39 is 0 Å². The van der Waals surface area contributed by atoms with Gasteiger partial charge in [0.25, 0.3) is 0 Å². The minimum absolute atomic E-state index is 0.0801. The summed E-state index contributed by atoms with van der Waals surface area (Å²) in [5.74, 6) is -0.428. The molecule has 0 spiro atoms. The van der Waals surface area contributed by atoms with Gasteiger partial charge in [0.15, 0.2) is 0 Å². The second kappa shape index (κ2) is 3.89. The van der Waals surface area contributed by atoms with E-state index in [-0.39, 0.29) is 27.9 Å². The molecule has 0 atom stereocenters. The summed E-state index contributed by atoms with van der Waals surface area (Å²) < 4.78 is 5.29. The zero-order chi connectivity index (χ0) is 12.7. The summed E-state index contributed by atoms with van der Waals surface area (Å²) in [6, 6.07) is 4.23. The lowest BCUT2D eigenvalue weighted by molar-refractivity contribution is 0.452. The van der Waals surface area contributed by atoms with Crippen molar-refractivity contribution >= 4 is 22.3 Å². The molecule has 0 unspecified atom stereocenters. The van der Waals surface area contributed by atoms with Gasteiger partial charge < -0.3 is 14.6 Å². The normalized spacial score (nSPS) is 10.9. The van der Waals surface area contributed by atoms with Gasteiger partial charge in [-0.15, -0.1) is 0 Å². The summed E-state index contributed by atoms with van der Waals surface area (Å²) in [5.41, 5.74) is 0.997. The smallest absolute Gasteiger partial charge is 0.204 e. The van der Waals surface area contributed by atoms with Crippen LogP contribution < -0.4 is 5.43 Å². The van der Waals surface area contributed by atoms with Gasteiger partial charge in [0.05, 0.1) is 5.56 Å².